The number of ether oxygens (including phenoxy) is 3. The van der Waals surface area contributed by atoms with Crippen molar-refractivity contribution in [2.75, 3.05) is 14.2 Å². The Morgan fingerprint density at radius 3 is 1.61 bits per heavy atom. The van der Waals surface area contributed by atoms with Crippen molar-refractivity contribution in [3.63, 3.8) is 0 Å². The molecular formula is C29H21ClO3. The van der Waals surface area contributed by atoms with Crippen LogP contribution in [0.15, 0.2) is 84.9 Å². The first kappa shape index (κ1) is 20.0. The zero-order valence-electron chi connectivity index (χ0n) is 18.3. The number of benzene rings is 5. The Morgan fingerprint density at radius 1 is 0.636 bits per heavy atom. The fourth-order valence-corrected chi connectivity index (χ4v) is 5.01. The minimum absolute atomic E-state index is 0.0485. The first-order valence-corrected chi connectivity index (χ1v) is 11.2. The summed E-state index contributed by atoms with van der Waals surface area (Å²) in [7, 11) is 3.39. The predicted octanol–water partition coefficient (Wildman–Crippen LogP) is 7.95. The van der Waals surface area contributed by atoms with Crippen molar-refractivity contribution in [1.82, 2.24) is 0 Å². The van der Waals surface area contributed by atoms with Crippen LogP contribution in [0.25, 0.3) is 21.5 Å². The molecule has 1 aliphatic heterocycles. The molecule has 0 saturated heterocycles. The maximum absolute atomic E-state index is 6.51. The van der Waals surface area contributed by atoms with E-state index in [1.54, 1.807) is 14.2 Å². The summed E-state index contributed by atoms with van der Waals surface area (Å²) in [5.74, 6) is 3.29. The monoisotopic (exact) mass is 452 g/mol. The molecule has 0 aromatic heterocycles. The van der Waals surface area contributed by atoms with Gasteiger partial charge in [-0.1, -0.05) is 48.0 Å². The van der Waals surface area contributed by atoms with E-state index in [-0.39, 0.29) is 5.92 Å². The van der Waals surface area contributed by atoms with Crippen molar-refractivity contribution in [3.8, 4) is 23.0 Å². The highest BCUT2D eigenvalue weighted by molar-refractivity contribution is 6.30. The number of rotatable bonds is 3. The van der Waals surface area contributed by atoms with Crippen molar-refractivity contribution in [3.05, 3.63) is 107 Å². The topological polar surface area (TPSA) is 27.7 Å². The molecular weight excluding hydrogens is 432 g/mol. The number of fused-ring (bicyclic) bond motifs is 6. The van der Waals surface area contributed by atoms with Crippen molar-refractivity contribution in [1.29, 1.82) is 0 Å². The maximum atomic E-state index is 6.51. The van der Waals surface area contributed by atoms with Crippen molar-refractivity contribution in [2.24, 2.45) is 0 Å². The average molecular weight is 453 g/mol. The molecule has 0 bridgehead atoms. The van der Waals surface area contributed by atoms with Gasteiger partial charge in [-0.3, -0.25) is 0 Å². The van der Waals surface area contributed by atoms with Crippen LogP contribution in [0.2, 0.25) is 5.02 Å². The van der Waals surface area contributed by atoms with E-state index in [1.807, 2.05) is 24.3 Å². The van der Waals surface area contributed by atoms with Gasteiger partial charge in [0.15, 0.2) is 0 Å². The molecule has 0 fully saturated rings. The minimum atomic E-state index is -0.0485. The van der Waals surface area contributed by atoms with Gasteiger partial charge >= 0.3 is 0 Å². The van der Waals surface area contributed by atoms with Crippen LogP contribution in [0.1, 0.15) is 22.6 Å². The molecule has 1 aliphatic rings. The lowest BCUT2D eigenvalue weighted by molar-refractivity contribution is 0.415. The third-order valence-corrected chi connectivity index (χ3v) is 6.71. The van der Waals surface area contributed by atoms with Gasteiger partial charge in [0.1, 0.15) is 23.0 Å². The Hall–Kier alpha value is -3.69. The quantitative estimate of drug-likeness (QED) is 0.272. The fourth-order valence-electron chi connectivity index (χ4n) is 4.88. The molecule has 0 atom stereocenters. The van der Waals surface area contributed by atoms with Crippen LogP contribution in [-0.2, 0) is 0 Å². The number of hydrogen-bond acceptors (Lipinski definition) is 3. The molecule has 0 aliphatic carbocycles. The fraction of sp³-hybridized carbons (Fsp3) is 0.103. The molecule has 162 valence electrons. The van der Waals surface area contributed by atoms with Crippen LogP contribution in [0, 0.1) is 0 Å². The lowest BCUT2D eigenvalue weighted by Gasteiger charge is -2.31. The molecule has 0 spiro atoms. The minimum Gasteiger partial charge on any atom is -0.497 e. The lowest BCUT2D eigenvalue weighted by atomic mass is 9.78. The van der Waals surface area contributed by atoms with E-state index < -0.39 is 0 Å². The highest BCUT2D eigenvalue weighted by Crippen LogP contribution is 2.52. The smallest absolute Gasteiger partial charge is 0.132 e. The Balaban J connectivity index is 1.73. The second-order valence-electron chi connectivity index (χ2n) is 8.22. The standard InChI is InChI=1S/C29H21ClO3/c1-31-21-11-5-17-7-13-25-28(23(17)15-21)27(19-3-9-20(30)10-4-19)29-24-16-22(32-2)12-6-18(24)8-14-26(29)33-25/h3-16,27H,1-2H3. The van der Waals surface area contributed by atoms with Gasteiger partial charge in [0.05, 0.1) is 14.2 Å². The SMILES string of the molecule is COc1ccc2ccc3c(c2c1)C(c1ccc(Cl)cc1)c1c(ccc2ccc(OC)cc12)O3. The van der Waals surface area contributed by atoms with E-state index in [2.05, 4.69) is 60.7 Å². The molecule has 0 radical (unpaired) electrons. The Morgan fingerprint density at radius 2 is 1.12 bits per heavy atom. The zero-order chi connectivity index (χ0) is 22.5. The molecule has 0 N–H and O–H groups in total. The second kappa shape index (κ2) is 7.72. The average Bonchev–Trinajstić information content (AvgIpc) is 2.87. The van der Waals surface area contributed by atoms with E-state index in [1.165, 1.54) is 0 Å². The first-order chi connectivity index (χ1) is 16.2. The Bertz CT molecular complexity index is 1430. The van der Waals surface area contributed by atoms with Crippen molar-refractivity contribution in [2.45, 2.75) is 5.92 Å². The van der Waals surface area contributed by atoms with E-state index >= 15 is 0 Å². The van der Waals surface area contributed by atoms with Crippen molar-refractivity contribution < 1.29 is 14.2 Å². The van der Waals surface area contributed by atoms with Gasteiger partial charge in [-0.2, -0.15) is 0 Å². The highest BCUT2D eigenvalue weighted by Gasteiger charge is 2.32. The van der Waals surface area contributed by atoms with E-state index in [0.717, 1.165) is 61.2 Å². The molecule has 1 heterocycles. The summed E-state index contributed by atoms with van der Waals surface area (Å²) >= 11 is 6.26. The van der Waals surface area contributed by atoms with Crippen molar-refractivity contribution >= 4 is 33.1 Å². The van der Waals surface area contributed by atoms with Gasteiger partial charge in [0.2, 0.25) is 0 Å². The summed E-state index contributed by atoms with van der Waals surface area (Å²) < 4.78 is 17.6. The van der Waals surface area contributed by atoms with Gasteiger partial charge in [-0.15, -0.1) is 0 Å². The second-order valence-corrected chi connectivity index (χ2v) is 8.65. The molecule has 5 aromatic rings. The van der Waals surface area contributed by atoms with Gasteiger partial charge in [0, 0.05) is 22.1 Å². The predicted molar refractivity (Wildman–Crippen MR) is 133 cm³/mol. The van der Waals surface area contributed by atoms with Crippen LogP contribution < -0.4 is 14.2 Å². The third kappa shape index (κ3) is 3.20. The van der Waals surface area contributed by atoms with E-state index in [9.17, 15) is 0 Å². The van der Waals surface area contributed by atoms with Gasteiger partial charge in [0.25, 0.3) is 0 Å². The normalized spacial score (nSPS) is 12.8. The molecule has 0 saturated carbocycles. The van der Waals surface area contributed by atoms with Crippen LogP contribution in [0.5, 0.6) is 23.0 Å². The molecule has 33 heavy (non-hydrogen) atoms. The number of hydrogen-bond donors (Lipinski definition) is 0. The summed E-state index contributed by atoms with van der Waals surface area (Å²) in [5, 5.41) is 5.21. The van der Waals surface area contributed by atoms with E-state index in [0.29, 0.717) is 5.02 Å². The van der Waals surface area contributed by atoms with Crippen LogP contribution in [0.3, 0.4) is 0 Å². The maximum Gasteiger partial charge on any atom is 0.132 e. The molecule has 0 amide bonds. The third-order valence-electron chi connectivity index (χ3n) is 6.46. The molecule has 6 rings (SSSR count). The summed E-state index contributed by atoms with van der Waals surface area (Å²) in [6, 6.07) is 28.8. The Labute approximate surface area is 197 Å². The van der Waals surface area contributed by atoms with Crippen LogP contribution in [0.4, 0.5) is 0 Å². The zero-order valence-corrected chi connectivity index (χ0v) is 19.0. The highest BCUT2D eigenvalue weighted by atomic mass is 35.5. The number of methoxy groups -OCH3 is 2. The van der Waals surface area contributed by atoms with Crippen LogP contribution in [-0.4, -0.2) is 14.2 Å². The van der Waals surface area contributed by atoms with Crippen LogP contribution >= 0.6 is 11.6 Å². The molecule has 4 heteroatoms. The Kier molecular flexibility index (Phi) is 4.67. The van der Waals surface area contributed by atoms with E-state index in [4.69, 9.17) is 25.8 Å². The first-order valence-electron chi connectivity index (χ1n) is 10.8. The molecule has 5 aromatic carbocycles. The summed E-state index contributed by atoms with van der Waals surface area (Å²) in [4.78, 5) is 0. The van der Waals surface area contributed by atoms with Gasteiger partial charge in [-0.05, 0) is 75.6 Å². The summed E-state index contributed by atoms with van der Waals surface area (Å²) in [6.07, 6.45) is 0. The molecule has 3 nitrogen and oxygen atoms in total. The number of halogens is 1. The van der Waals surface area contributed by atoms with Gasteiger partial charge < -0.3 is 14.2 Å². The lowest BCUT2D eigenvalue weighted by Crippen LogP contribution is -2.13. The molecule has 0 unspecified atom stereocenters. The van der Waals surface area contributed by atoms with Gasteiger partial charge in [-0.25, -0.2) is 0 Å². The largest absolute Gasteiger partial charge is 0.497 e. The summed E-state index contributed by atoms with van der Waals surface area (Å²) in [5.41, 5.74) is 3.39. The summed E-state index contributed by atoms with van der Waals surface area (Å²) in [6.45, 7) is 0.